The molecule has 5 heteroatoms. The molecule has 0 amide bonds. The molecule has 0 fully saturated rings. The topological polar surface area (TPSA) is 72.8 Å². The quantitative estimate of drug-likeness (QED) is 0.597. The summed E-state index contributed by atoms with van der Waals surface area (Å²) in [5.74, 6) is -0.375. The van der Waals surface area contributed by atoms with Crippen LogP contribution in [-0.4, -0.2) is 36.9 Å². The van der Waals surface area contributed by atoms with Gasteiger partial charge in [0.2, 0.25) is 0 Å². The number of aliphatic hydroxyl groups is 1. The van der Waals surface area contributed by atoms with Crippen molar-refractivity contribution in [1.82, 2.24) is 0 Å². The van der Waals surface area contributed by atoms with Gasteiger partial charge in [-0.15, -0.1) is 0 Å². The molecule has 0 saturated carbocycles. The molecule has 0 spiro atoms. The first-order valence-electron chi connectivity index (χ1n) is 6.83. The van der Waals surface area contributed by atoms with Crippen molar-refractivity contribution in [1.29, 1.82) is 0 Å². The molecule has 0 bridgehead atoms. The highest BCUT2D eigenvalue weighted by atomic mass is 16.5. The van der Waals surface area contributed by atoms with Crippen LogP contribution in [0.3, 0.4) is 0 Å². The molecule has 116 valence electrons. The Morgan fingerprint density at radius 2 is 1.26 bits per heavy atom. The number of hydrogen-bond donors (Lipinski definition) is 1. The highest BCUT2D eigenvalue weighted by Crippen LogP contribution is 1.86. The number of carbonyl (C=O) groups is 2. The number of hydrogen-bond acceptors (Lipinski definition) is 5. The fraction of sp³-hybridized carbons (Fsp3) is 0.857. The lowest BCUT2D eigenvalue weighted by molar-refractivity contribution is -0.141. The van der Waals surface area contributed by atoms with Gasteiger partial charge >= 0.3 is 11.9 Å². The van der Waals surface area contributed by atoms with Gasteiger partial charge in [0, 0.05) is 20.5 Å². The van der Waals surface area contributed by atoms with Gasteiger partial charge in [0.15, 0.2) is 0 Å². The molecule has 1 N–H and O–H groups in total. The first kappa shape index (κ1) is 23.0. The molecule has 0 saturated heterocycles. The molecule has 0 aliphatic heterocycles. The van der Waals surface area contributed by atoms with E-state index in [9.17, 15) is 9.59 Å². The number of carbonyl (C=O) groups excluding carboxylic acids is 2. The monoisotopic (exact) mass is 278 g/mol. The lowest BCUT2D eigenvalue weighted by Crippen LogP contribution is -1.99. The van der Waals surface area contributed by atoms with Gasteiger partial charge in [0.25, 0.3) is 0 Å². The molecule has 0 heterocycles. The molecule has 0 atom stereocenters. The molecule has 0 rings (SSSR count). The van der Waals surface area contributed by atoms with E-state index in [-0.39, 0.29) is 11.9 Å². The van der Waals surface area contributed by atoms with E-state index in [0.29, 0.717) is 19.8 Å². The van der Waals surface area contributed by atoms with Crippen LogP contribution in [0.25, 0.3) is 0 Å². The maximum atomic E-state index is 10.1. The predicted molar refractivity (Wildman–Crippen MR) is 75.8 cm³/mol. The Morgan fingerprint density at radius 3 is 1.47 bits per heavy atom. The van der Waals surface area contributed by atoms with Crippen LogP contribution in [0.5, 0.6) is 0 Å². The summed E-state index contributed by atoms with van der Waals surface area (Å²) in [6.07, 6.45) is 3.83. The minimum Gasteiger partial charge on any atom is -0.466 e. The SMILES string of the molecule is CCCCOC(C)=O.CCCO.CCCOC(C)=O. The fourth-order valence-electron chi connectivity index (χ4n) is 0.606. The predicted octanol–water partition coefficient (Wildman–Crippen LogP) is 2.70. The smallest absolute Gasteiger partial charge is 0.302 e. The molecule has 0 aliphatic rings. The van der Waals surface area contributed by atoms with Crippen LogP contribution in [0.4, 0.5) is 0 Å². The van der Waals surface area contributed by atoms with Gasteiger partial charge in [-0.2, -0.15) is 0 Å². The van der Waals surface area contributed by atoms with Gasteiger partial charge in [-0.25, -0.2) is 0 Å². The van der Waals surface area contributed by atoms with Crippen molar-refractivity contribution in [3.05, 3.63) is 0 Å². The third kappa shape index (κ3) is 47.4. The summed E-state index contributed by atoms with van der Waals surface area (Å²) in [6.45, 7) is 10.2. The van der Waals surface area contributed by atoms with Crippen molar-refractivity contribution in [3.63, 3.8) is 0 Å². The van der Waals surface area contributed by atoms with E-state index in [1.807, 2.05) is 13.8 Å². The number of esters is 2. The van der Waals surface area contributed by atoms with Crippen molar-refractivity contribution in [2.45, 2.75) is 60.3 Å². The first-order chi connectivity index (χ1) is 8.95. The molecule has 0 aromatic heterocycles. The minimum atomic E-state index is -0.193. The molecule has 0 radical (unpaired) electrons. The van der Waals surface area contributed by atoms with E-state index in [1.165, 1.54) is 13.8 Å². The van der Waals surface area contributed by atoms with Crippen LogP contribution in [-0.2, 0) is 19.1 Å². The zero-order chi connectivity index (χ0) is 15.5. The van der Waals surface area contributed by atoms with Crippen LogP contribution in [0.15, 0.2) is 0 Å². The zero-order valence-corrected chi connectivity index (χ0v) is 13.0. The van der Waals surface area contributed by atoms with E-state index in [1.54, 1.807) is 0 Å². The highest BCUT2D eigenvalue weighted by molar-refractivity contribution is 5.66. The second kappa shape index (κ2) is 22.1. The van der Waals surface area contributed by atoms with Gasteiger partial charge in [-0.3, -0.25) is 9.59 Å². The maximum Gasteiger partial charge on any atom is 0.302 e. The summed E-state index contributed by atoms with van der Waals surface area (Å²) in [6, 6.07) is 0. The molecule has 0 aromatic carbocycles. The summed E-state index contributed by atoms with van der Waals surface area (Å²) in [5.41, 5.74) is 0. The van der Waals surface area contributed by atoms with E-state index in [2.05, 4.69) is 16.4 Å². The Morgan fingerprint density at radius 1 is 0.842 bits per heavy atom. The molecule has 0 unspecified atom stereocenters. The van der Waals surface area contributed by atoms with Crippen molar-refractivity contribution < 1.29 is 24.2 Å². The Bertz CT molecular complexity index is 190. The number of unbranched alkanes of at least 4 members (excludes halogenated alkanes) is 1. The van der Waals surface area contributed by atoms with Crippen LogP contribution < -0.4 is 0 Å². The third-order valence-corrected chi connectivity index (χ3v) is 1.54. The van der Waals surface area contributed by atoms with Gasteiger partial charge in [0.1, 0.15) is 0 Å². The van der Waals surface area contributed by atoms with E-state index in [4.69, 9.17) is 5.11 Å². The number of aliphatic hydroxyl groups excluding tert-OH is 1. The average Bonchev–Trinajstić information content (AvgIpc) is 2.37. The van der Waals surface area contributed by atoms with Gasteiger partial charge in [-0.1, -0.05) is 27.2 Å². The second-order valence-corrected chi connectivity index (χ2v) is 3.76. The number of rotatable bonds is 6. The first-order valence-corrected chi connectivity index (χ1v) is 6.83. The summed E-state index contributed by atoms with van der Waals surface area (Å²) < 4.78 is 9.20. The molecule has 5 nitrogen and oxygen atoms in total. The molecule has 0 aromatic rings. The molecule has 0 aliphatic carbocycles. The number of ether oxygens (including phenoxy) is 2. The lowest BCUT2D eigenvalue weighted by Gasteiger charge is -1.96. The van der Waals surface area contributed by atoms with Crippen molar-refractivity contribution in [3.8, 4) is 0 Å². The van der Waals surface area contributed by atoms with Gasteiger partial charge in [-0.05, 0) is 19.3 Å². The van der Waals surface area contributed by atoms with Crippen molar-refractivity contribution in [2.24, 2.45) is 0 Å². The Labute approximate surface area is 117 Å². The normalized spacial score (nSPS) is 8.32. The van der Waals surface area contributed by atoms with E-state index < -0.39 is 0 Å². The standard InChI is InChI=1S/C6H12O2.C5H10O2.C3H8O/c1-3-4-5-8-6(2)7;1-3-4-7-5(2)6;1-2-3-4/h3-5H2,1-2H3;3-4H2,1-2H3;4H,2-3H2,1H3. The summed E-state index contributed by atoms with van der Waals surface area (Å²) in [7, 11) is 0. The Kier molecular flexibility index (Phi) is 26.8. The van der Waals surface area contributed by atoms with Crippen LogP contribution >= 0.6 is 0 Å². The Hall–Kier alpha value is -1.10. The summed E-state index contributed by atoms with van der Waals surface area (Å²) >= 11 is 0. The fourth-order valence-corrected chi connectivity index (χ4v) is 0.606. The van der Waals surface area contributed by atoms with E-state index >= 15 is 0 Å². The van der Waals surface area contributed by atoms with E-state index in [0.717, 1.165) is 25.7 Å². The maximum absolute atomic E-state index is 10.1. The van der Waals surface area contributed by atoms with Crippen LogP contribution in [0, 0.1) is 0 Å². The van der Waals surface area contributed by atoms with Gasteiger partial charge in [0.05, 0.1) is 13.2 Å². The van der Waals surface area contributed by atoms with Crippen LogP contribution in [0.2, 0.25) is 0 Å². The second-order valence-electron chi connectivity index (χ2n) is 3.76. The van der Waals surface area contributed by atoms with Gasteiger partial charge < -0.3 is 14.6 Å². The van der Waals surface area contributed by atoms with Crippen LogP contribution in [0.1, 0.15) is 60.3 Å². The average molecular weight is 278 g/mol. The minimum absolute atomic E-state index is 0.182. The van der Waals surface area contributed by atoms with Crippen molar-refractivity contribution >= 4 is 11.9 Å². The van der Waals surface area contributed by atoms with Crippen molar-refractivity contribution in [2.75, 3.05) is 19.8 Å². The largest absolute Gasteiger partial charge is 0.466 e. The zero-order valence-electron chi connectivity index (χ0n) is 13.0. The lowest BCUT2D eigenvalue weighted by atomic mass is 10.4. The molecule has 19 heavy (non-hydrogen) atoms. The third-order valence-electron chi connectivity index (χ3n) is 1.54. The summed E-state index contributed by atoms with van der Waals surface area (Å²) in [5, 5.41) is 7.88. The molecular weight excluding hydrogens is 248 g/mol. The Balaban J connectivity index is -0.000000214. The summed E-state index contributed by atoms with van der Waals surface area (Å²) in [4.78, 5) is 20.1. The highest BCUT2D eigenvalue weighted by Gasteiger charge is 1.88. The molecular formula is C14H30O5.